The van der Waals surface area contributed by atoms with E-state index in [1.807, 2.05) is 0 Å². The predicted molar refractivity (Wildman–Crippen MR) is 75.6 cm³/mol. The Hall–Kier alpha value is -1.32. The second-order valence-electron chi connectivity index (χ2n) is 5.12. The second kappa shape index (κ2) is 5.55. The van der Waals surface area contributed by atoms with Gasteiger partial charge in [0.25, 0.3) is 0 Å². The van der Waals surface area contributed by atoms with Crippen LogP contribution in [0.3, 0.4) is 0 Å². The van der Waals surface area contributed by atoms with Crippen LogP contribution in [0.5, 0.6) is 0 Å². The molecule has 1 aromatic heterocycles. The van der Waals surface area contributed by atoms with Gasteiger partial charge in [-0.1, -0.05) is 18.2 Å². The maximum absolute atomic E-state index is 3.55. The van der Waals surface area contributed by atoms with Crippen LogP contribution in [0, 0.1) is 0 Å². The summed E-state index contributed by atoms with van der Waals surface area (Å²) in [5, 5.41) is 8.42. The Kier molecular flexibility index (Phi) is 3.62. The monoisotopic (exact) mass is 243 g/mol. The first-order valence-corrected chi connectivity index (χ1v) is 6.92. The van der Waals surface area contributed by atoms with Crippen LogP contribution in [-0.2, 0) is 6.54 Å². The van der Waals surface area contributed by atoms with Crippen molar-refractivity contribution in [3.8, 4) is 0 Å². The van der Waals surface area contributed by atoms with E-state index in [0.717, 1.165) is 19.1 Å². The molecule has 1 aliphatic heterocycles. The van der Waals surface area contributed by atoms with Crippen LogP contribution in [0.2, 0.25) is 0 Å². The van der Waals surface area contributed by atoms with Gasteiger partial charge < -0.3 is 15.6 Å². The number of aromatic amines is 1. The number of nitrogens with one attached hydrogen (secondary N) is 3. The van der Waals surface area contributed by atoms with Crippen molar-refractivity contribution in [2.45, 2.75) is 31.8 Å². The van der Waals surface area contributed by atoms with E-state index in [-0.39, 0.29) is 0 Å². The molecule has 0 spiro atoms. The molecule has 1 unspecified atom stereocenters. The lowest BCUT2D eigenvalue weighted by molar-refractivity contribution is 0.524. The van der Waals surface area contributed by atoms with E-state index < -0.39 is 0 Å². The van der Waals surface area contributed by atoms with Crippen LogP contribution in [0.4, 0.5) is 0 Å². The minimum atomic E-state index is 0.737. The lowest BCUT2D eigenvalue weighted by Crippen LogP contribution is -2.26. The molecule has 0 bridgehead atoms. The molecule has 3 N–H and O–H groups in total. The average Bonchev–Trinajstić information content (AvgIpc) is 3.04. The van der Waals surface area contributed by atoms with Crippen molar-refractivity contribution < 1.29 is 0 Å². The number of fused-ring (bicyclic) bond motifs is 1. The van der Waals surface area contributed by atoms with Gasteiger partial charge in [0, 0.05) is 29.7 Å². The molecule has 3 nitrogen and oxygen atoms in total. The molecule has 1 fully saturated rings. The quantitative estimate of drug-likeness (QED) is 0.706. The van der Waals surface area contributed by atoms with E-state index in [9.17, 15) is 0 Å². The van der Waals surface area contributed by atoms with Gasteiger partial charge in [0.2, 0.25) is 0 Å². The minimum Gasteiger partial charge on any atom is -0.361 e. The zero-order valence-corrected chi connectivity index (χ0v) is 10.7. The third-order valence-electron chi connectivity index (χ3n) is 3.82. The number of hydrogen-bond donors (Lipinski definition) is 3. The Morgan fingerprint density at radius 3 is 3.11 bits per heavy atom. The van der Waals surface area contributed by atoms with Crippen LogP contribution in [0.15, 0.2) is 30.5 Å². The standard InChI is InChI=1S/C15H21N3/c1-2-6-15-14(5-1)12(11-18-15)10-16-9-7-13-4-3-8-17-13/h1-2,5-6,11,13,16-18H,3-4,7-10H2. The molecular formula is C15H21N3. The summed E-state index contributed by atoms with van der Waals surface area (Å²) < 4.78 is 0. The van der Waals surface area contributed by atoms with Gasteiger partial charge in [-0.15, -0.1) is 0 Å². The fourth-order valence-corrected chi connectivity index (χ4v) is 2.78. The summed E-state index contributed by atoms with van der Waals surface area (Å²) in [5.74, 6) is 0. The van der Waals surface area contributed by atoms with E-state index in [1.54, 1.807) is 0 Å². The lowest BCUT2D eigenvalue weighted by Gasteiger charge is -2.10. The van der Waals surface area contributed by atoms with Gasteiger partial charge in [-0.2, -0.15) is 0 Å². The van der Waals surface area contributed by atoms with Crippen molar-refractivity contribution in [3.63, 3.8) is 0 Å². The van der Waals surface area contributed by atoms with Crippen molar-refractivity contribution in [1.29, 1.82) is 0 Å². The highest BCUT2D eigenvalue weighted by molar-refractivity contribution is 5.82. The third kappa shape index (κ3) is 2.57. The van der Waals surface area contributed by atoms with E-state index in [2.05, 4.69) is 46.1 Å². The smallest absolute Gasteiger partial charge is 0.0457 e. The Bertz CT molecular complexity index is 497. The number of H-pyrrole nitrogens is 1. The SMILES string of the molecule is c1ccc2c(CNCCC3CCCN3)c[nH]c2c1. The van der Waals surface area contributed by atoms with Crippen LogP contribution in [-0.4, -0.2) is 24.1 Å². The van der Waals surface area contributed by atoms with Crippen molar-refractivity contribution in [2.24, 2.45) is 0 Å². The maximum atomic E-state index is 3.55. The summed E-state index contributed by atoms with van der Waals surface area (Å²) in [6, 6.07) is 9.22. The van der Waals surface area contributed by atoms with Crippen LogP contribution >= 0.6 is 0 Å². The van der Waals surface area contributed by atoms with Gasteiger partial charge in [0.15, 0.2) is 0 Å². The average molecular weight is 243 g/mol. The molecule has 3 rings (SSSR count). The fourth-order valence-electron chi connectivity index (χ4n) is 2.78. The van der Waals surface area contributed by atoms with Crippen LogP contribution in [0.25, 0.3) is 10.9 Å². The number of benzene rings is 1. The van der Waals surface area contributed by atoms with Gasteiger partial charge in [-0.25, -0.2) is 0 Å². The number of hydrogen-bond acceptors (Lipinski definition) is 2. The molecule has 3 heteroatoms. The molecule has 1 saturated heterocycles. The fraction of sp³-hybridized carbons (Fsp3) is 0.467. The first-order valence-electron chi connectivity index (χ1n) is 6.92. The first-order chi connectivity index (χ1) is 8.93. The van der Waals surface area contributed by atoms with Crippen LogP contribution < -0.4 is 10.6 Å². The third-order valence-corrected chi connectivity index (χ3v) is 3.82. The zero-order chi connectivity index (χ0) is 12.2. The van der Waals surface area contributed by atoms with Gasteiger partial charge in [0.1, 0.15) is 0 Å². The van der Waals surface area contributed by atoms with E-state index in [1.165, 1.54) is 42.3 Å². The first kappa shape index (κ1) is 11.8. The van der Waals surface area contributed by atoms with Gasteiger partial charge >= 0.3 is 0 Å². The number of aromatic nitrogens is 1. The molecule has 2 aromatic rings. The summed E-state index contributed by atoms with van der Waals surface area (Å²) in [6.45, 7) is 3.25. The summed E-state index contributed by atoms with van der Waals surface area (Å²) in [7, 11) is 0. The normalized spacial score (nSPS) is 19.7. The van der Waals surface area contributed by atoms with Crippen LogP contribution in [0.1, 0.15) is 24.8 Å². The molecule has 1 aliphatic rings. The zero-order valence-electron chi connectivity index (χ0n) is 10.7. The molecule has 0 aliphatic carbocycles. The molecular weight excluding hydrogens is 222 g/mol. The van der Waals surface area contributed by atoms with E-state index in [0.29, 0.717) is 0 Å². The van der Waals surface area contributed by atoms with Crippen molar-refractivity contribution in [1.82, 2.24) is 15.6 Å². The van der Waals surface area contributed by atoms with E-state index in [4.69, 9.17) is 0 Å². The molecule has 1 atom stereocenters. The Morgan fingerprint density at radius 1 is 1.28 bits per heavy atom. The molecule has 96 valence electrons. The minimum absolute atomic E-state index is 0.737. The van der Waals surface area contributed by atoms with Crippen molar-refractivity contribution in [3.05, 3.63) is 36.0 Å². The highest BCUT2D eigenvalue weighted by atomic mass is 14.9. The lowest BCUT2D eigenvalue weighted by atomic mass is 10.1. The van der Waals surface area contributed by atoms with Crippen molar-refractivity contribution in [2.75, 3.05) is 13.1 Å². The van der Waals surface area contributed by atoms with Gasteiger partial charge in [0.05, 0.1) is 0 Å². The number of para-hydroxylation sites is 1. The molecule has 0 amide bonds. The molecule has 0 saturated carbocycles. The number of rotatable bonds is 5. The second-order valence-corrected chi connectivity index (χ2v) is 5.12. The van der Waals surface area contributed by atoms with Crippen molar-refractivity contribution >= 4 is 10.9 Å². The predicted octanol–water partition coefficient (Wildman–Crippen LogP) is 2.40. The summed E-state index contributed by atoms with van der Waals surface area (Å²) in [6.07, 6.45) is 6.04. The Labute approximate surface area is 108 Å². The topological polar surface area (TPSA) is 39.8 Å². The Morgan fingerprint density at radius 2 is 2.22 bits per heavy atom. The molecule has 18 heavy (non-hydrogen) atoms. The van der Waals surface area contributed by atoms with Gasteiger partial charge in [-0.3, -0.25) is 0 Å². The van der Waals surface area contributed by atoms with Gasteiger partial charge in [-0.05, 0) is 44.0 Å². The summed E-state index contributed by atoms with van der Waals surface area (Å²) >= 11 is 0. The largest absolute Gasteiger partial charge is 0.361 e. The maximum Gasteiger partial charge on any atom is 0.0457 e. The molecule has 1 aromatic carbocycles. The Balaban J connectivity index is 1.50. The molecule has 0 radical (unpaired) electrons. The van der Waals surface area contributed by atoms with E-state index >= 15 is 0 Å². The summed E-state index contributed by atoms with van der Waals surface area (Å²) in [4.78, 5) is 3.32. The highest BCUT2D eigenvalue weighted by Crippen LogP contribution is 2.17. The highest BCUT2D eigenvalue weighted by Gasteiger charge is 2.12. The summed E-state index contributed by atoms with van der Waals surface area (Å²) in [5.41, 5.74) is 2.59. The molecule has 2 heterocycles.